The van der Waals surface area contributed by atoms with E-state index < -0.39 is 0 Å². The molecule has 0 bridgehead atoms. The van der Waals surface area contributed by atoms with Crippen molar-refractivity contribution in [2.24, 2.45) is 0 Å². The first kappa shape index (κ1) is 11.2. The Kier molecular flexibility index (Phi) is 3.38. The first-order chi connectivity index (χ1) is 8.43. The van der Waals surface area contributed by atoms with Gasteiger partial charge in [0.25, 0.3) is 0 Å². The Balaban J connectivity index is 1.68. The summed E-state index contributed by atoms with van der Waals surface area (Å²) in [6.07, 6.45) is 5.60. The molecule has 1 atom stereocenters. The van der Waals surface area contributed by atoms with E-state index in [4.69, 9.17) is 9.15 Å². The molecule has 17 heavy (non-hydrogen) atoms. The highest BCUT2D eigenvalue weighted by Crippen LogP contribution is 2.28. The summed E-state index contributed by atoms with van der Waals surface area (Å²) in [4.78, 5) is 0. The molecular formula is C12H19N3O2. The van der Waals surface area contributed by atoms with Gasteiger partial charge in [-0.05, 0) is 32.2 Å². The van der Waals surface area contributed by atoms with Crippen LogP contribution in [0.3, 0.4) is 0 Å². The number of hydrogen-bond donors (Lipinski definition) is 1. The van der Waals surface area contributed by atoms with Crippen molar-refractivity contribution < 1.29 is 9.15 Å². The van der Waals surface area contributed by atoms with Crippen LogP contribution in [0.1, 0.15) is 55.8 Å². The average molecular weight is 237 g/mol. The standard InChI is InChI=1S/C12H19N3O2/c1-2-6-13-10(3-1)12-15-14-11(17-12)9-4-7-16-8-5-9/h9-10,13H,1-8H2. The van der Waals surface area contributed by atoms with E-state index in [-0.39, 0.29) is 6.04 Å². The first-order valence-electron chi connectivity index (χ1n) is 6.58. The highest BCUT2D eigenvalue weighted by Gasteiger charge is 2.25. The minimum Gasteiger partial charge on any atom is -0.423 e. The number of rotatable bonds is 2. The summed E-state index contributed by atoms with van der Waals surface area (Å²) in [5.74, 6) is 1.97. The van der Waals surface area contributed by atoms with Gasteiger partial charge in [0.2, 0.25) is 11.8 Å². The van der Waals surface area contributed by atoms with Gasteiger partial charge in [0.15, 0.2) is 0 Å². The van der Waals surface area contributed by atoms with Crippen molar-refractivity contribution in [2.75, 3.05) is 19.8 Å². The molecule has 2 saturated heterocycles. The van der Waals surface area contributed by atoms with Gasteiger partial charge in [-0.3, -0.25) is 0 Å². The van der Waals surface area contributed by atoms with Crippen molar-refractivity contribution in [3.63, 3.8) is 0 Å². The van der Waals surface area contributed by atoms with Gasteiger partial charge in [-0.2, -0.15) is 0 Å². The molecule has 1 N–H and O–H groups in total. The molecule has 0 aromatic carbocycles. The highest BCUT2D eigenvalue weighted by atomic mass is 16.5. The first-order valence-corrected chi connectivity index (χ1v) is 6.58. The Morgan fingerprint density at radius 1 is 1.00 bits per heavy atom. The minimum atomic E-state index is 0.268. The third-order valence-electron chi connectivity index (χ3n) is 3.64. The molecule has 0 radical (unpaired) electrons. The number of hydrogen-bond acceptors (Lipinski definition) is 5. The number of piperidine rings is 1. The molecule has 3 heterocycles. The summed E-state index contributed by atoms with van der Waals surface area (Å²) in [5, 5.41) is 11.8. The zero-order chi connectivity index (χ0) is 11.5. The fourth-order valence-electron chi connectivity index (χ4n) is 2.56. The van der Waals surface area contributed by atoms with Gasteiger partial charge in [-0.25, -0.2) is 0 Å². The van der Waals surface area contributed by atoms with Crippen LogP contribution in [0, 0.1) is 0 Å². The van der Waals surface area contributed by atoms with Crippen LogP contribution in [0.5, 0.6) is 0 Å². The van der Waals surface area contributed by atoms with Crippen LogP contribution in [0.15, 0.2) is 4.42 Å². The van der Waals surface area contributed by atoms with Gasteiger partial charge < -0.3 is 14.5 Å². The van der Waals surface area contributed by atoms with Crippen LogP contribution in [0.4, 0.5) is 0 Å². The molecule has 2 aliphatic rings. The van der Waals surface area contributed by atoms with Crippen molar-refractivity contribution in [2.45, 2.75) is 44.1 Å². The molecule has 2 fully saturated rings. The lowest BCUT2D eigenvalue weighted by atomic mass is 10.0. The maximum atomic E-state index is 5.82. The fraction of sp³-hybridized carbons (Fsp3) is 0.833. The van der Waals surface area contributed by atoms with Gasteiger partial charge in [-0.15, -0.1) is 10.2 Å². The van der Waals surface area contributed by atoms with Crippen LogP contribution in [0.2, 0.25) is 0 Å². The van der Waals surface area contributed by atoms with Crippen molar-refractivity contribution >= 4 is 0 Å². The molecule has 0 spiro atoms. The predicted octanol–water partition coefficient (Wildman–Crippen LogP) is 1.78. The SMILES string of the molecule is C1CCC(c2nnc(C3CCOCC3)o2)NC1. The Morgan fingerprint density at radius 3 is 2.59 bits per heavy atom. The van der Waals surface area contributed by atoms with Gasteiger partial charge in [0.1, 0.15) is 0 Å². The van der Waals surface area contributed by atoms with E-state index in [0.717, 1.165) is 50.8 Å². The topological polar surface area (TPSA) is 60.2 Å². The predicted molar refractivity (Wildman–Crippen MR) is 61.7 cm³/mol. The second kappa shape index (κ2) is 5.14. The summed E-state index contributed by atoms with van der Waals surface area (Å²) in [7, 11) is 0. The van der Waals surface area contributed by atoms with E-state index in [1.165, 1.54) is 12.8 Å². The Hall–Kier alpha value is -0.940. The minimum absolute atomic E-state index is 0.268. The maximum Gasteiger partial charge on any atom is 0.233 e. The molecular weight excluding hydrogens is 218 g/mol. The van der Waals surface area contributed by atoms with E-state index in [1.54, 1.807) is 0 Å². The Bertz CT molecular complexity index is 322. The number of nitrogens with one attached hydrogen (secondary N) is 1. The molecule has 0 saturated carbocycles. The lowest BCUT2D eigenvalue weighted by Crippen LogP contribution is -2.26. The van der Waals surface area contributed by atoms with Gasteiger partial charge in [0, 0.05) is 19.1 Å². The Labute approximate surface area is 101 Å². The molecule has 1 aromatic heterocycles. The van der Waals surface area contributed by atoms with Gasteiger partial charge in [-0.1, -0.05) is 6.42 Å². The molecule has 5 heteroatoms. The number of aromatic nitrogens is 2. The summed E-state index contributed by atoms with van der Waals surface area (Å²) in [6, 6.07) is 0.268. The Morgan fingerprint density at radius 2 is 1.82 bits per heavy atom. The fourth-order valence-corrected chi connectivity index (χ4v) is 2.56. The van der Waals surface area contributed by atoms with Crippen molar-refractivity contribution in [3.05, 3.63) is 11.8 Å². The summed E-state index contributed by atoms with van der Waals surface area (Å²) >= 11 is 0. The molecule has 3 rings (SSSR count). The van der Waals surface area contributed by atoms with E-state index in [2.05, 4.69) is 15.5 Å². The smallest absolute Gasteiger partial charge is 0.233 e. The molecule has 5 nitrogen and oxygen atoms in total. The number of nitrogens with zero attached hydrogens (tertiary/aromatic N) is 2. The van der Waals surface area contributed by atoms with Crippen LogP contribution in [0.25, 0.3) is 0 Å². The van der Waals surface area contributed by atoms with Crippen molar-refractivity contribution in [1.29, 1.82) is 0 Å². The average Bonchev–Trinajstić information content (AvgIpc) is 2.90. The molecule has 94 valence electrons. The van der Waals surface area contributed by atoms with Crippen LogP contribution in [-0.2, 0) is 4.74 Å². The van der Waals surface area contributed by atoms with Crippen molar-refractivity contribution in [3.8, 4) is 0 Å². The van der Waals surface area contributed by atoms with Crippen LogP contribution >= 0.6 is 0 Å². The third-order valence-corrected chi connectivity index (χ3v) is 3.64. The quantitative estimate of drug-likeness (QED) is 0.849. The number of ether oxygens (including phenoxy) is 1. The van der Waals surface area contributed by atoms with Crippen LogP contribution < -0.4 is 5.32 Å². The largest absolute Gasteiger partial charge is 0.423 e. The third kappa shape index (κ3) is 2.50. The molecule has 0 amide bonds. The van der Waals surface area contributed by atoms with Crippen LogP contribution in [-0.4, -0.2) is 30.0 Å². The van der Waals surface area contributed by atoms with Crippen molar-refractivity contribution in [1.82, 2.24) is 15.5 Å². The van der Waals surface area contributed by atoms with Gasteiger partial charge >= 0.3 is 0 Å². The monoisotopic (exact) mass is 237 g/mol. The summed E-state index contributed by atoms with van der Waals surface area (Å²) in [6.45, 7) is 2.67. The zero-order valence-electron chi connectivity index (χ0n) is 10.0. The van der Waals surface area contributed by atoms with E-state index in [0.29, 0.717) is 5.92 Å². The van der Waals surface area contributed by atoms with E-state index in [9.17, 15) is 0 Å². The van der Waals surface area contributed by atoms with E-state index >= 15 is 0 Å². The molecule has 0 aliphatic carbocycles. The highest BCUT2D eigenvalue weighted by molar-refractivity contribution is 4.96. The lowest BCUT2D eigenvalue weighted by molar-refractivity contribution is 0.0789. The summed E-state index contributed by atoms with van der Waals surface area (Å²) in [5.41, 5.74) is 0. The second-order valence-corrected chi connectivity index (χ2v) is 4.87. The van der Waals surface area contributed by atoms with E-state index in [1.807, 2.05) is 0 Å². The molecule has 1 unspecified atom stereocenters. The maximum absolute atomic E-state index is 5.82. The second-order valence-electron chi connectivity index (χ2n) is 4.87. The zero-order valence-corrected chi connectivity index (χ0v) is 10.0. The lowest BCUT2D eigenvalue weighted by Gasteiger charge is -2.20. The molecule has 1 aromatic rings. The normalized spacial score (nSPS) is 27.2. The van der Waals surface area contributed by atoms with Gasteiger partial charge in [0.05, 0.1) is 6.04 Å². The summed E-state index contributed by atoms with van der Waals surface area (Å²) < 4.78 is 11.2. The molecule has 2 aliphatic heterocycles.